The number of hydrogen-bond acceptors (Lipinski definition) is 1. The summed E-state index contributed by atoms with van der Waals surface area (Å²) in [7, 11) is 0. The zero-order valence-corrected chi connectivity index (χ0v) is 8.64. The van der Waals surface area contributed by atoms with E-state index in [4.69, 9.17) is 5.73 Å². The standard InChI is InChI=1S/C9H9BrFNO/c1-5(9(12)13)7-4-6(11)2-3-8(7)10/h2-5H,1H3,(H2,12,13). The molecular formula is C9H9BrFNO. The lowest BCUT2D eigenvalue weighted by molar-refractivity contribution is -0.119. The Morgan fingerprint density at radius 1 is 1.62 bits per heavy atom. The quantitative estimate of drug-likeness (QED) is 0.853. The van der Waals surface area contributed by atoms with Gasteiger partial charge in [-0.2, -0.15) is 0 Å². The van der Waals surface area contributed by atoms with Gasteiger partial charge in [-0.05, 0) is 30.7 Å². The van der Waals surface area contributed by atoms with E-state index < -0.39 is 11.8 Å². The zero-order valence-electron chi connectivity index (χ0n) is 7.05. The van der Waals surface area contributed by atoms with Crippen LogP contribution in [0.5, 0.6) is 0 Å². The van der Waals surface area contributed by atoms with Gasteiger partial charge in [-0.25, -0.2) is 4.39 Å². The lowest BCUT2D eigenvalue weighted by Crippen LogP contribution is -2.19. The van der Waals surface area contributed by atoms with Gasteiger partial charge in [0.1, 0.15) is 5.82 Å². The van der Waals surface area contributed by atoms with Gasteiger partial charge in [-0.15, -0.1) is 0 Å². The lowest BCUT2D eigenvalue weighted by Gasteiger charge is -2.09. The van der Waals surface area contributed by atoms with E-state index in [1.807, 2.05) is 0 Å². The van der Waals surface area contributed by atoms with Crippen molar-refractivity contribution >= 4 is 21.8 Å². The van der Waals surface area contributed by atoms with Gasteiger partial charge < -0.3 is 5.73 Å². The van der Waals surface area contributed by atoms with Crippen LogP contribution < -0.4 is 5.73 Å². The SMILES string of the molecule is CC(C(N)=O)c1cc(F)ccc1Br. The highest BCUT2D eigenvalue weighted by Gasteiger charge is 2.15. The molecular weight excluding hydrogens is 237 g/mol. The molecule has 0 bridgehead atoms. The Morgan fingerprint density at radius 2 is 2.23 bits per heavy atom. The van der Waals surface area contributed by atoms with Crippen molar-refractivity contribution in [2.75, 3.05) is 0 Å². The van der Waals surface area contributed by atoms with Gasteiger partial charge in [0.2, 0.25) is 5.91 Å². The molecule has 0 spiro atoms. The molecule has 2 nitrogen and oxygen atoms in total. The zero-order chi connectivity index (χ0) is 10.0. The molecule has 0 saturated carbocycles. The van der Waals surface area contributed by atoms with Crippen molar-refractivity contribution in [3.63, 3.8) is 0 Å². The van der Waals surface area contributed by atoms with Gasteiger partial charge in [-0.3, -0.25) is 4.79 Å². The molecule has 0 radical (unpaired) electrons. The molecule has 1 atom stereocenters. The van der Waals surface area contributed by atoms with E-state index in [1.165, 1.54) is 12.1 Å². The minimum Gasteiger partial charge on any atom is -0.369 e. The molecule has 0 aliphatic carbocycles. The van der Waals surface area contributed by atoms with E-state index in [-0.39, 0.29) is 5.82 Å². The summed E-state index contributed by atoms with van der Waals surface area (Å²) < 4.78 is 13.5. The highest BCUT2D eigenvalue weighted by atomic mass is 79.9. The van der Waals surface area contributed by atoms with Crippen LogP contribution in [0.1, 0.15) is 18.4 Å². The molecule has 13 heavy (non-hydrogen) atoms. The normalized spacial score (nSPS) is 12.5. The van der Waals surface area contributed by atoms with Crippen LogP contribution in [0.25, 0.3) is 0 Å². The molecule has 0 heterocycles. The fraction of sp³-hybridized carbons (Fsp3) is 0.222. The highest BCUT2D eigenvalue weighted by Crippen LogP contribution is 2.25. The topological polar surface area (TPSA) is 43.1 Å². The Hall–Kier alpha value is -0.900. The van der Waals surface area contributed by atoms with Gasteiger partial charge in [-0.1, -0.05) is 15.9 Å². The Kier molecular flexibility index (Phi) is 3.03. The van der Waals surface area contributed by atoms with Crippen molar-refractivity contribution in [1.82, 2.24) is 0 Å². The molecule has 2 N–H and O–H groups in total. The third-order valence-corrected chi connectivity index (χ3v) is 2.57. The van der Waals surface area contributed by atoms with Gasteiger partial charge in [0.05, 0.1) is 5.92 Å². The van der Waals surface area contributed by atoms with Crippen molar-refractivity contribution in [2.45, 2.75) is 12.8 Å². The Morgan fingerprint density at radius 3 is 2.77 bits per heavy atom. The van der Waals surface area contributed by atoms with Crippen LogP contribution in [0.3, 0.4) is 0 Å². The highest BCUT2D eigenvalue weighted by molar-refractivity contribution is 9.10. The maximum Gasteiger partial charge on any atom is 0.224 e. The van der Waals surface area contributed by atoms with Gasteiger partial charge in [0.25, 0.3) is 0 Å². The van der Waals surface area contributed by atoms with E-state index in [9.17, 15) is 9.18 Å². The van der Waals surface area contributed by atoms with Gasteiger partial charge in [0.15, 0.2) is 0 Å². The number of halogens is 2. The number of nitrogens with two attached hydrogens (primary N) is 1. The summed E-state index contributed by atoms with van der Waals surface area (Å²) in [6, 6.07) is 4.19. The maximum absolute atomic E-state index is 12.8. The Balaban J connectivity index is 3.12. The van der Waals surface area contributed by atoms with Crippen molar-refractivity contribution in [1.29, 1.82) is 0 Å². The molecule has 0 aliphatic heterocycles. The van der Waals surface area contributed by atoms with E-state index in [0.29, 0.717) is 10.0 Å². The summed E-state index contributed by atoms with van der Waals surface area (Å²) in [6.07, 6.45) is 0. The molecule has 0 aromatic heterocycles. The molecule has 1 aromatic carbocycles. The molecule has 1 unspecified atom stereocenters. The van der Waals surface area contributed by atoms with Crippen LogP contribution >= 0.6 is 15.9 Å². The Bertz CT molecular complexity index is 340. The van der Waals surface area contributed by atoms with Crippen LogP contribution in [0.2, 0.25) is 0 Å². The van der Waals surface area contributed by atoms with Crippen LogP contribution in [-0.2, 0) is 4.79 Å². The summed E-state index contributed by atoms with van der Waals surface area (Å²) in [5.41, 5.74) is 5.68. The number of amides is 1. The van der Waals surface area contributed by atoms with Gasteiger partial charge >= 0.3 is 0 Å². The van der Waals surface area contributed by atoms with Crippen LogP contribution in [0, 0.1) is 5.82 Å². The monoisotopic (exact) mass is 245 g/mol. The first kappa shape index (κ1) is 10.2. The van der Waals surface area contributed by atoms with E-state index in [1.54, 1.807) is 13.0 Å². The number of benzene rings is 1. The van der Waals surface area contributed by atoms with Gasteiger partial charge in [0, 0.05) is 4.47 Å². The van der Waals surface area contributed by atoms with Crippen molar-refractivity contribution in [3.05, 3.63) is 34.1 Å². The van der Waals surface area contributed by atoms with Crippen molar-refractivity contribution in [2.24, 2.45) is 5.73 Å². The first-order valence-electron chi connectivity index (χ1n) is 3.76. The molecule has 1 amide bonds. The largest absolute Gasteiger partial charge is 0.369 e. The molecule has 1 aromatic rings. The summed E-state index contributed by atoms with van der Waals surface area (Å²) >= 11 is 3.22. The molecule has 1 rings (SSSR count). The molecule has 0 saturated heterocycles. The average Bonchev–Trinajstić information content (AvgIpc) is 2.08. The van der Waals surface area contributed by atoms with Crippen LogP contribution in [0.15, 0.2) is 22.7 Å². The van der Waals surface area contributed by atoms with Crippen molar-refractivity contribution in [3.8, 4) is 0 Å². The number of carbonyl (C=O) groups excluding carboxylic acids is 1. The van der Waals surface area contributed by atoms with Crippen LogP contribution in [0.4, 0.5) is 4.39 Å². The summed E-state index contributed by atoms with van der Waals surface area (Å²) in [5.74, 6) is -1.32. The third kappa shape index (κ3) is 2.28. The fourth-order valence-corrected chi connectivity index (χ4v) is 1.59. The first-order chi connectivity index (χ1) is 6.02. The fourth-order valence-electron chi connectivity index (χ4n) is 1.000. The maximum atomic E-state index is 12.8. The second-order valence-electron chi connectivity index (χ2n) is 2.79. The van der Waals surface area contributed by atoms with E-state index in [2.05, 4.69) is 15.9 Å². The third-order valence-electron chi connectivity index (χ3n) is 1.85. The Labute approximate surface area is 84.1 Å². The first-order valence-corrected chi connectivity index (χ1v) is 4.56. The van der Waals surface area contributed by atoms with Crippen molar-refractivity contribution < 1.29 is 9.18 Å². The number of hydrogen-bond donors (Lipinski definition) is 1. The minimum atomic E-state index is -0.481. The molecule has 0 aliphatic rings. The van der Waals surface area contributed by atoms with Crippen LogP contribution in [-0.4, -0.2) is 5.91 Å². The second-order valence-corrected chi connectivity index (χ2v) is 3.64. The number of primary amides is 1. The second kappa shape index (κ2) is 3.87. The molecule has 0 fully saturated rings. The summed E-state index contributed by atoms with van der Waals surface area (Å²) in [5, 5.41) is 0. The predicted octanol–water partition coefficient (Wildman–Crippen LogP) is 2.18. The number of rotatable bonds is 2. The number of carbonyl (C=O) groups is 1. The molecule has 4 heteroatoms. The predicted molar refractivity (Wildman–Crippen MR) is 51.7 cm³/mol. The summed E-state index contributed by atoms with van der Waals surface area (Å²) in [4.78, 5) is 10.8. The van der Waals surface area contributed by atoms with E-state index in [0.717, 1.165) is 0 Å². The minimum absolute atomic E-state index is 0.369. The smallest absolute Gasteiger partial charge is 0.224 e. The molecule has 70 valence electrons. The lowest BCUT2D eigenvalue weighted by atomic mass is 10.0. The average molecular weight is 246 g/mol. The summed E-state index contributed by atoms with van der Waals surface area (Å²) in [6.45, 7) is 1.64. The van der Waals surface area contributed by atoms with E-state index >= 15 is 0 Å².